The minimum absolute atomic E-state index is 0.0570. The molecule has 1 rings (SSSR count). The number of hydrogen-bond acceptors (Lipinski definition) is 4. The monoisotopic (exact) mass is 279 g/mol. The molecule has 20 heavy (non-hydrogen) atoms. The Morgan fingerprint density at radius 1 is 1.30 bits per heavy atom. The average molecular weight is 279 g/mol. The van der Waals surface area contributed by atoms with E-state index >= 15 is 0 Å². The molecular weight excluding hydrogens is 261 g/mol. The first-order valence-corrected chi connectivity index (χ1v) is 6.06. The van der Waals surface area contributed by atoms with Crippen molar-refractivity contribution in [2.75, 3.05) is 21.2 Å². The molecule has 4 nitrogen and oxygen atoms in total. The Labute approximate surface area is 117 Å². The number of methoxy groups -OCH3 is 1. The third-order valence-electron chi connectivity index (χ3n) is 2.74. The van der Waals surface area contributed by atoms with Crippen LogP contribution in [0.4, 0.5) is 4.39 Å². The fourth-order valence-corrected chi connectivity index (χ4v) is 1.77. The van der Waals surface area contributed by atoms with Crippen molar-refractivity contribution in [2.24, 2.45) is 0 Å². The van der Waals surface area contributed by atoms with Crippen LogP contribution in [0.25, 0.3) is 0 Å². The second kappa shape index (κ2) is 6.32. The third-order valence-corrected chi connectivity index (χ3v) is 2.74. The Morgan fingerprint density at radius 3 is 2.35 bits per heavy atom. The van der Waals surface area contributed by atoms with Crippen molar-refractivity contribution in [1.82, 2.24) is 4.90 Å². The highest BCUT2D eigenvalue weighted by atomic mass is 19.1. The van der Waals surface area contributed by atoms with Crippen LogP contribution in [0, 0.1) is 12.7 Å². The van der Waals surface area contributed by atoms with E-state index in [0.717, 1.165) is 6.07 Å². The molecule has 5 heteroatoms. The number of ketones is 2. The number of nitrogens with zero attached hydrogens (tertiary/aromatic N) is 1. The van der Waals surface area contributed by atoms with Gasteiger partial charge in [-0.1, -0.05) is 0 Å². The molecule has 0 aliphatic carbocycles. The van der Waals surface area contributed by atoms with Crippen molar-refractivity contribution in [2.45, 2.75) is 13.8 Å². The summed E-state index contributed by atoms with van der Waals surface area (Å²) in [6, 6.07) is 2.54. The molecule has 1 aromatic rings. The summed E-state index contributed by atoms with van der Waals surface area (Å²) >= 11 is 0. The van der Waals surface area contributed by atoms with Crippen molar-refractivity contribution >= 4 is 11.6 Å². The first-order chi connectivity index (χ1) is 9.27. The van der Waals surface area contributed by atoms with Crippen LogP contribution in [0.2, 0.25) is 0 Å². The van der Waals surface area contributed by atoms with E-state index in [9.17, 15) is 14.0 Å². The highest BCUT2D eigenvalue weighted by molar-refractivity contribution is 6.25. The quantitative estimate of drug-likeness (QED) is 0.359. The van der Waals surface area contributed by atoms with Gasteiger partial charge in [0.15, 0.2) is 5.78 Å². The van der Waals surface area contributed by atoms with Crippen LogP contribution in [0.1, 0.15) is 22.8 Å². The lowest BCUT2D eigenvalue weighted by Gasteiger charge is -2.11. The van der Waals surface area contributed by atoms with Gasteiger partial charge in [-0.15, -0.1) is 0 Å². The summed E-state index contributed by atoms with van der Waals surface area (Å²) in [5.74, 6) is -1.38. The van der Waals surface area contributed by atoms with E-state index in [4.69, 9.17) is 4.74 Å². The number of aryl methyl sites for hydroxylation is 1. The van der Waals surface area contributed by atoms with E-state index < -0.39 is 17.4 Å². The Morgan fingerprint density at radius 2 is 1.90 bits per heavy atom. The highest BCUT2D eigenvalue weighted by Crippen LogP contribution is 2.24. The molecule has 0 N–H and O–H groups in total. The number of ether oxygens (including phenoxy) is 1. The van der Waals surface area contributed by atoms with E-state index in [-0.39, 0.29) is 11.1 Å². The Bertz CT molecular complexity index is 577. The Hall–Kier alpha value is -2.17. The second-order valence-corrected chi connectivity index (χ2v) is 4.69. The number of allylic oxidation sites excluding steroid dienone is 1. The smallest absolute Gasteiger partial charge is 0.201 e. The molecule has 0 amide bonds. The van der Waals surface area contributed by atoms with Gasteiger partial charge in [0.05, 0.1) is 18.2 Å². The maximum absolute atomic E-state index is 14.0. The van der Waals surface area contributed by atoms with E-state index in [1.165, 1.54) is 26.3 Å². The highest BCUT2D eigenvalue weighted by Gasteiger charge is 2.21. The first kappa shape index (κ1) is 15.9. The lowest BCUT2D eigenvalue weighted by atomic mass is 9.99. The van der Waals surface area contributed by atoms with E-state index in [2.05, 4.69) is 0 Å². The zero-order valence-corrected chi connectivity index (χ0v) is 12.3. The summed E-state index contributed by atoms with van der Waals surface area (Å²) in [6.07, 6.45) is 1.39. The van der Waals surface area contributed by atoms with Crippen LogP contribution < -0.4 is 4.74 Å². The van der Waals surface area contributed by atoms with Gasteiger partial charge in [-0.05, 0) is 25.5 Å². The van der Waals surface area contributed by atoms with E-state index in [0.29, 0.717) is 11.3 Å². The SMILES string of the molecule is COc1cc(F)c(C(=O)C(=CN(C)C)C(C)=O)cc1C. The van der Waals surface area contributed by atoms with Crippen molar-refractivity contribution in [3.05, 3.63) is 40.8 Å². The molecule has 0 saturated heterocycles. The predicted molar refractivity (Wildman–Crippen MR) is 74.5 cm³/mol. The Kier molecular flexibility index (Phi) is 5.02. The summed E-state index contributed by atoms with van der Waals surface area (Å²) in [5, 5.41) is 0. The first-order valence-electron chi connectivity index (χ1n) is 6.06. The van der Waals surface area contributed by atoms with Gasteiger partial charge in [0.2, 0.25) is 5.78 Å². The zero-order valence-electron chi connectivity index (χ0n) is 12.3. The van der Waals surface area contributed by atoms with Gasteiger partial charge in [-0.3, -0.25) is 9.59 Å². The minimum atomic E-state index is -0.705. The number of Topliss-reactive ketones (excluding diaryl/α,β-unsaturated/α-hetero) is 2. The fourth-order valence-electron chi connectivity index (χ4n) is 1.77. The standard InChI is InChI=1S/C15H18FNO3/c1-9-6-11(13(16)7-14(9)20-5)15(19)12(10(2)18)8-17(3)4/h6-8H,1-5H3. The number of rotatable bonds is 5. The minimum Gasteiger partial charge on any atom is -0.496 e. The summed E-state index contributed by atoms with van der Waals surface area (Å²) < 4.78 is 19.0. The molecule has 108 valence electrons. The second-order valence-electron chi connectivity index (χ2n) is 4.69. The molecule has 0 unspecified atom stereocenters. The van der Waals surface area contributed by atoms with Crippen molar-refractivity contribution in [3.63, 3.8) is 0 Å². The molecule has 0 aromatic heterocycles. The van der Waals surface area contributed by atoms with Crippen LogP contribution in [-0.2, 0) is 4.79 Å². The van der Waals surface area contributed by atoms with Crippen LogP contribution in [0.3, 0.4) is 0 Å². The summed E-state index contributed by atoms with van der Waals surface area (Å²) in [7, 11) is 4.80. The van der Waals surface area contributed by atoms with Crippen LogP contribution in [0.5, 0.6) is 5.75 Å². The van der Waals surface area contributed by atoms with Gasteiger partial charge in [-0.2, -0.15) is 0 Å². The van der Waals surface area contributed by atoms with Gasteiger partial charge in [0, 0.05) is 26.4 Å². The molecule has 0 saturated carbocycles. The van der Waals surface area contributed by atoms with Crippen LogP contribution in [-0.4, -0.2) is 37.7 Å². The summed E-state index contributed by atoms with van der Waals surface area (Å²) in [5.41, 5.74) is 0.440. The molecule has 0 bridgehead atoms. The largest absolute Gasteiger partial charge is 0.496 e. The van der Waals surface area contributed by atoms with Crippen LogP contribution >= 0.6 is 0 Å². The van der Waals surface area contributed by atoms with Gasteiger partial charge >= 0.3 is 0 Å². The lowest BCUT2D eigenvalue weighted by molar-refractivity contribution is -0.113. The van der Waals surface area contributed by atoms with Crippen molar-refractivity contribution < 1.29 is 18.7 Å². The zero-order chi connectivity index (χ0) is 15.4. The van der Waals surface area contributed by atoms with E-state index in [1.54, 1.807) is 25.9 Å². The third kappa shape index (κ3) is 3.44. The van der Waals surface area contributed by atoms with Gasteiger partial charge in [-0.25, -0.2) is 4.39 Å². The van der Waals surface area contributed by atoms with Crippen LogP contribution in [0.15, 0.2) is 23.9 Å². The molecule has 0 aliphatic heterocycles. The number of carbonyl (C=O) groups excluding carboxylic acids is 2. The molecule has 0 heterocycles. The van der Waals surface area contributed by atoms with E-state index in [1.807, 2.05) is 0 Å². The molecule has 0 atom stereocenters. The number of carbonyl (C=O) groups is 2. The maximum Gasteiger partial charge on any atom is 0.201 e. The molecule has 0 fully saturated rings. The topological polar surface area (TPSA) is 46.6 Å². The summed E-state index contributed by atoms with van der Waals surface area (Å²) in [6.45, 7) is 2.99. The normalized spacial score (nSPS) is 11.2. The predicted octanol–water partition coefficient (Wildman–Crippen LogP) is 2.36. The molecule has 0 aliphatic rings. The average Bonchev–Trinajstić information content (AvgIpc) is 2.36. The number of benzene rings is 1. The maximum atomic E-state index is 14.0. The van der Waals surface area contributed by atoms with Crippen molar-refractivity contribution in [1.29, 1.82) is 0 Å². The molecular formula is C15H18FNO3. The fraction of sp³-hybridized carbons (Fsp3) is 0.333. The van der Waals surface area contributed by atoms with Gasteiger partial charge in [0.25, 0.3) is 0 Å². The molecule has 0 spiro atoms. The Balaban J connectivity index is 3.33. The van der Waals surface area contributed by atoms with Gasteiger partial charge < -0.3 is 9.64 Å². The molecule has 0 radical (unpaired) electrons. The molecule has 1 aromatic carbocycles. The summed E-state index contributed by atoms with van der Waals surface area (Å²) in [4.78, 5) is 25.4. The number of hydrogen-bond donors (Lipinski definition) is 0. The van der Waals surface area contributed by atoms with Crippen molar-refractivity contribution in [3.8, 4) is 5.75 Å². The van der Waals surface area contributed by atoms with Gasteiger partial charge in [0.1, 0.15) is 11.6 Å². The lowest BCUT2D eigenvalue weighted by Crippen LogP contribution is -2.16. The number of halogens is 1.